The molecule has 0 aliphatic carbocycles. The van der Waals surface area contributed by atoms with Gasteiger partial charge in [0.15, 0.2) is 0 Å². The standard InChI is InChI=1S/C21H26N2O2/c24-21(10-9-19-11-13-22-14-12-19)23-15-16-25-20(17-23)8-4-7-18-5-2-1-3-6-18/h1-3,5-6,11-14,20H,4,7-10,15-17H2/t20-/m0/s1. The molecular formula is C21H26N2O2. The van der Waals surface area contributed by atoms with Crippen LogP contribution < -0.4 is 0 Å². The number of carbonyl (C=O) groups excluding carboxylic acids is 1. The third kappa shape index (κ3) is 5.68. The van der Waals surface area contributed by atoms with E-state index in [1.54, 1.807) is 12.4 Å². The van der Waals surface area contributed by atoms with Crippen LogP contribution in [-0.4, -0.2) is 41.6 Å². The van der Waals surface area contributed by atoms with Gasteiger partial charge in [0, 0.05) is 31.9 Å². The molecule has 2 aromatic rings. The molecule has 4 nitrogen and oxygen atoms in total. The first kappa shape index (κ1) is 17.6. The van der Waals surface area contributed by atoms with Crippen molar-refractivity contribution in [2.24, 2.45) is 0 Å². The molecule has 1 saturated heterocycles. The number of amides is 1. The van der Waals surface area contributed by atoms with Crippen LogP contribution in [0.25, 0.3) is 0 Å². The number of nitrogens with zero attached hydrogens (tertiary/aromatic N) is 2. The van der Waals surface area contributed by atoms with E-state index in [-0.39, 0.29) is 12.0 Å². The number of aromatic nitrogens is 1. The molecule has 0 saturated carbocycles. The lowest BCUT2D eigenvalue weighted by atomic mass is 10.0. The van der Waals surface area contributed by atoms with E-state index in [4.69, 9.17) is 4.74 Å². The van der Waals surface area contributed by atoms with Gasteiger partial charge in [-0.1, -0.05) is 30.3 Å². The minimum Gasteiger partial charge on any atom is -0.375 e. The van der Waals surface area contributed by atoms with Gasteiger partial charge in [-0.2, -0.15) is 0 Å². The number of hydrogen-bond acceptors (Lipinski definition) is 3. The molecule has 2 heterocycles. The molecule has 0 bridgehead atoms. The van der Waals surface area contributed by atoms with Crippen molar-refractivity contribution in [2.45, 2.75) is 38.2 Å². The van der Waals surface area contributed by atoms with Crippen LogP contribution in [0.15, 0.2) is 54.9 Å². The predicted molar refractivity (Wildman–Crippen MR) is 98.3 cm³/mol. The summed E-state index contributed by atoms with van der Waals surface area (Å²) in [4.78, 5) is 18.4. The lowest BCUT2D eigenvalue weighted by Crippen LogP contribution is -2.45. The first-order valence-electron chi connectivity index (χ1n) is 9.13. The van der Waals surface area contributed by atoms with E-state index < -0.39 is 0 Å². The molecule has 1 atom stereocenters. The number of morpholine rings is 1. The second kappa shape index (κ2) is 9.33. The van der Waals surface area contributed by atoms with Crippen LogP contribution in [0.3, 0.4) is 0 Å². The highest BCUT2D eigenvalue weighted by Gasteiger charge is 2.23. The summed E-state index contributed by atoms with van der Waals surface area (Å²) in [5.74, 6) is 0.230. The van der Waals surface area contributed by atoms with Crippen LogP contribution in [0, 0.1) is 0 Å². The summed E-state index contributed by atoms with van der Waals surface area (Å²) in [5.41, 5.74) is 2.53. The first-order valence-corrected chi connectivity index (χ1v) is 9.13. The van der Waals surface area contributed by atoms with E-state index >= 15 is 0 Å². The van der Waals surface area contributed by atoms with Crippen LogP contribution in [0.1, 0.15) is 30.4 Å². The highest BCUT2D eigenvalue weighted by atomic mass is 16.5. The van der Waals surface area contributed by atoms with Gasteiger partial charge in [0.1, 0.15) is 0 Å². The average Bonchev–Trinajstić information content (AvgIpc) is 2.68. The van der Waals surface area contributed by atoms with Gasteiger partial charge in [-0.3, -0.25) is 9.78 Å². The smallest absolute Gasteiger partial charge is 0.223 e. The number of aryl methyl sites for hydroxylation is 2. The predicted octanol–water partition coefficient (Wildman–Crippen LogP) is 3.26. The molecule has 0 radical (unpaired) electrons. The van der Waals surface area contributed by atoms with Gasteiger partial charge in [-0.25, -0.2) is 0 Å². The molecule has 0 unspecified atom stereocenters. The van der Waals surface area contributed by atoms with Crippen molar-refractivity contribution in [1.82, 2.24) is 9.88 Å². The molecule has 0 spiro atoms. The third-order valence-electron chi connectivity index (χ3n) is 4.70. The molecule has 3 rings (SSSR count). The van der Waals surface area contributed by atoms with Crippen LogP contribution >= 0.6 is 0 Å². The molecule has 25 heavy (non-hydrogen) atoms. The van der Waals surface area contributed by atoms with Gasteiger partial charge in [0.25, 0.3) is 0 Å². The van der Waals surface area contributed by atoms with Crippen LogP contribution in [0.4, 0.5) is 0 Å². The number of benzene rings is 1. The number of pyridine rings is 1. The van der Waals surface area contributed by atoms with Crippen molar-refractivity contribution >= 4 is 5.91 Å². The van der Waals surface area contributed by atoms with E-state index in [1.807, 2.05) is 23.1 Å². The molecule has 1 aromatic heterocycles. The van der Waals surface area contributed by atoms with Crippen molar-refractivity contribution in [3.05, 3.63) is 66.0 Å². The van der Waals surface area contributed by atoms with Gasteiger partial charge in [-0.15, -0.1) is 0 Å². The quantitative estimate of drug-likeness (QED) is 0.778. The number of rotatable bonds is 7. The Kier molecular flexibility index (Phi) is 6.57. The largest absolute Gasteiger partial charge is 0.375 e. The Bertz CT molecular complexity index is 645. The highest BCUT2D eigenvalue weighted by molar-refractivity contribution is 5.76. The van der Waals surface area contributed by atoms with E-state index in [1.165, 1.54) is 5.56 Å². The van der Waals surface area contributed by atoms with Crippen molar-refractivity contribution < 1.29 is 9.53 Å². The molecular weight excluding hydrogens is 312 g/mol. The summed E-state index contributed by atoms with van der Waals surface area (Å²) in [6.45, 7) is 2.09. The summed E-state index contributed by atoms with van der Waals surface area (Å²) in [5, 5.41) is 0. The minimum atomic E-state index is 0.169. The van der Waals surface area contributed by atoms with Gasteiger partial charge in [0.05, 0.1) is 12.7 Å². The van der Waals surface area contributed by atoms with Gasteiger partial charge < -0.3 is 9.64 Å². The average molecular weight is 338 g/mol. The SMILES string of the molecule is O=C(CCc1ccncc1)N1CCO[C@@H](CCCc2ccccc2)C1. The Morgan fingerprint density at radius 2 is 1.84 bits per heavy atom. The molecule has 1 aliphatic heterocycles. The molecule has 0 N–H and O–H groups in total. The maximum atomic E-state index is 12.5. The highest BCUT2D eigenvalue weighted by Crippen LogP contribution is 2.15. The zero-order chi connectivity index (χ0) is 17.3. The Hall–Kier alpha value is -2.20. The molecule has 1 fully saturated rings. The lowest BCUT2D eigenvalue weighted by molar-refractivity contribution is -0.139. The van der Waals surface area contributed by atoms with Crippen LogP contribution in [0.5, 0.6) is 0 Å². The molecule has 132 valence electrons. The van der Waals surface area contributed by atoms with E-state index in [9.17, 15) is 4.79 Å². The second-order valence-corrected chi connectivity index (χ2v) is 6.57. The fourth-order valence-electron chi connectivity index (χ4n) is 3.26. The summed E-state index contributed by atoms with van der Waals surface area (Å²) < 4.78 is 5.86. The fraction of sp³-hybridized carbons (Fsp3) is 0.429. The molecule has 4 heteroatoms. The van der Waals surface area contributed by atoms with Crippen molar-refractivity contribution in [3.8, 4) is 0 Å². The third-order valence-corrected chi connectivity index (χ3v) is 4.70. The first-order chi connectivity index (χ1) is 12.3. The topological polar surface area (TPSA) is 42.4 Å². The van der Waals surface area contributed by atoms with E-state index in [0.717, 1.165) is 37.8 Å². The van der Waals surface area contributed by atoms with Gasteiger partial charge in [-0.05, 0) is 48.9 Å². The fourth-order valence-corrected chi connectivity index (χ4v) is 3.26. The normalized spacial score (nSPS) is 17.4. The van der Waals surface area contributed by atoms with E-state index in [2.05, 4.69) is 29.2 Å². The number of ether oxygens (including phenoxy) is 1. The Balaban J connectivity index is 1.40. The van der Waals surface area contributed by atoms with Crippen molar-refractivity contribution in [3.63, 3.8) is 0 Å². The lowest BCUT2D eigenvalue weighted by Gasteiger charge is -2.33. The minimum absolute atomic E-state index is 0.169. The number of hydrogen-bond donors (Lipinski definition) is 0. The van der Waals surface area contributed by atoms with Crippen LogP contribution in [0.2, 0.25) is 0 Å². The summed E-state index contributed by atoms with van der Waals surface area (Å²) in [6.07, 6.45) is 8.21. The zero-order valence-electron chi connectivity index (χ0n) is 14.6. The van der Waals surface area contributed by atoms with Gasteiger partial charge >= 0.3 is 0 Å². The maximum Gasteiger partial charge on any atom is 0.223 e. The molecule has 1 aliphatic rings. The van der Waals surface area contributed by atoms with Crippen molar-refractivity contribution in [2.75, 3.05) is 19.7 Å². The number of carbonyl (C=O) groups is 1. The monoisotopic (exact) mass is 338 g/mol. The summed E-state index contributed by atoms with van der Waals surface area (Å²) in [6, 6.07) is 14.5. The van der Waals surface area contributed by atoms with E-state index in [0.29, 0.717) is 19.6 Å². The molecule has 1 amide bonds. The molecule has 1 aromatic carbocycles. The van der Waals surface area contributed by atoms with Gasteiger partial charge in [0.2, 0.25) is 5.91 Å². The second-order valence-electron chi connectivity index (χ2n) is 6.57. The maximum absolute atomic E-state index is 12.5. The summed E-state index contributed by atoms with van der Waals surface area (Å²) in [7, 11) is 0. The van der Waals surface area contributed by atoms with Crippen LogP contribution in [-0.2, 0) is 22.4 Å². The van der Waals surface area contributed by atoms with Crippen molar-refractivity contribution in [1.29, 1.82) is 0 Å². The summed E-state index contributed by atoms with van der Waals surface area (Å²) >= 11 is 0. The Morgan fingerprint density at radius 1 is 1.08 bits per heavy atom. The Morgan fingerprint density at radius 3 is 2.64 bits per heavy atom. The zero-order valence-corrected chi connectivity index (χ0v) is 14.6. The Labute approximate surface area is 149 Å².